The van der Waals surface area contributed by atoms with Crippen LogP contribution >= 0.6 is 0 Å². The Morgan fingerprint density at radius 3 is 2.61 bits per heavy atom. The molecule has 4 heteroatoms. The molecule has 2 rings (SSSR count). The Labute approximate surface area is 139 Å². The molecule has 0 bridgehead atoms. The van der Waals surface area contributed by atoms with Gasteiger partial charge in [0, 0.05) is 18.0 Å². The van der Waals surface area contributed by atoms with E-state index in [0.717, 1.165) is 19.3 Å². The zero-order valence-electron chi connectivity index (χ0n) is 14.5. The van der Waals surface area contributed by atoms with E-state index in [1.165, 1.54) is 25.0 Å². The lowest BCUT2D eigenvalue weighted by molar-refractivity contribution is -0.126. The van der Waals surface area contributed by atoms with Crippen LogP contribution in [-0.2, 0) is 4.79 Å². The normalized spacial score (nSPS) is 21.8. The lowest BCUT2D eigenvalue weighted by atomic mass is 9.82. The maximum absolute atomic E-state index is 13.5. The number of halogens is 1. The molecule has 1 saturated carbocycles. The summed E-state index contributed by atoms with van der Waals surface area (Å²) in [5, 5.41) is 12.7. The summed E-state index contributed by atoms with van der Waals surface area (Å²) in [7, 11) is 0. The first-order valence-corrected chi connectivity index (χ1v) is 8.69. The second-order valence-electron chi connectivity index (χ2n) is 6.46. The van der Waals surface area contributed by atoms with Gasteiger partial charge in [0.05, 0.1) is 6.10 Å². The average Bonchev–Trinajstić information content (AvgIpc) is 2.53. The van der Waals surface area contributed by atoms with Gasteiger partial charge in [0.15, 0.2) is 0 Å². The summed E-state index contributed by atoms with van der Waals surface area (Å²) in [6, 6.07) is 6.10. The molecule has 3 unspecified atom stereocenters. The molecule has 1 aromatic carbocycles. The third-order valence-electron chi connectivity index (χ3n) is 4.04. The molecule has 1 aliphatic rings. The Kier molecular flexibility index (Phi) is 8.85. The number of aliphatic hydroxyl groups excluding tert-OH is 1. The van der Waals surface area contributed by atoms with Gasteiger partial charge in [-0.1, -0.05) is 58.2 Å². The minimum atomic E-state index is -0.999. The monoisotopic (exact) mass is 323 g/mol. The van der Waals surface area contributed by atoms with E-state index in [-0.39, 0.29) is 23.9 Å². The summed E-state index contributed by atoms with van der Waals surface area (Å²) >= 11 is 0. The van der Waals surface area contributed by atoms with Gasteiger partial charge in [-0.15, -0.1) is 0 Å². The van der Waals surface area contributed by atoms with E-state index in [4.69, 9.17) is 0 Å². The molecule has 0 radical (unpaired) electrons. The molecular formula is C19H30FNO2. The minimum absolute atomic E-state index is 0.0214. The van der Waals surface area contributed by atoms with Crippen molar-refractivity contribution in [3.8, 4) is 0 Å². The summed E-state index contributed by atoms with van der Waals surface area (Å²) in [6.45, 7) is 6.47. The van der Waals surface area contributed by atoms with E-state index in [1.54, 1.807) is 12.1 Å². The molecule has 0 aliphatic heterocycles. The molecule has 3 nitrogen and oxygen atoms in total. The van der Waals surface area contributed by atoms with E-state index in [0.29, 0.717) is 5.92 Å². The first kappa shape index (κ1) is 19.6. The second kappa shape index (κ2) is 10.4. The highest BCUT2D eigenvalue weighted by atomic mass is 19.1. The topological polar surface area (TPSA) is 49.3 Å². The van der Waals surface area contributed by atoms with E-state index in [2.05, 4.69) is 26.1 Å². The van der Waals surface area contributed by atoms with Crippen molar-refractivity contribution >= 4 is 5.91 Å². The lowest BCUT2D eigenvalue weighted by Gasteiger charge is -2.26. The maximum Gasteiger partial charge on any atom is 0.223 e. The van der Waals surface area contributed by atoms with Crippen LogP contribution in [0.25, 0.3) is 0 Å². The fourth-order valence-corrected chi connectivity index (χ4v) is 2.87. The number of rotatable bonds is 4. The minimum Gasteiger partial charge on any atom is -0.386 e. The van der Waals surface area contributed by atoms with Crippen molar-refractivity contribution < 1.29 is 14.3 Å². The summed E-state index contributed by atoms with van der Waals surface area (Å²) in [5.74, 6) is 0.148. The molecule has 2 N–H and O–H groups in total. The van der Waals surface area contributed by atoms with Crippen molar-refractivity contribution in [2.24, 2.45) is 11.8 Å². The first-order valence-electron chi connectivity index (χ1n) is 8.69. The number of hydrogen-bond donors (Lipinski definition) is 2. The number of benzene rings is 1. The quantitative estimate of drug-likeness (QED) is 0.871. The van der Waals surface area contributed by atoms with Gasteiger partial charge in [-0.2, -0.15) is 0 Å². The number of hydrogen-bond acceptors (Lipinski definition) is 2. The molecule has 1 fully saturated rings. The molecule has 0 aromatic heterocycles. The largest absolute Gasteiger partial charge is 0.386 e. The van der Waals surface area contributed by atoms with Gasteiger partial charge in [-0.25, -0.2) is 4.39 Å². The highest BCUT2D eigenvalue weighted by molar-refractivity contribution is 5.78. The third kappa shape index (κ3) is 6.69. The molecular weight excluding hydrogens is 293 g/mol. The zero-order valence-corrected chi connectivity index (χ0v) is 14.5. The van der Waals surface area contributed by atoms with Crippen LogP contribution in [0.2, 0.25) is 0 Å². The molecule has 1 aromatic rings. The van der Waals surface area contributed by atoms with Gasteiger partial charge >= 0.3 is 0 Å². The summed E-state index contributed by atoms with van der Waals surface area (Å²) < 4.78 is 13.5. The van der Waals surface area contributed by atoms with Crippen LogP contribution in [0.3, 0.4) is 0 Å². The van der Waals surface area contributed by atoms with Crippen molar-refractivity contribution in [1.82, 2.24) is 5.32 Å². The van der Waals surface area contributed by atoms with Gasteiger partial charge in [-0.3, -0.25) is 4.79 Å². The fourth-order valence-electron chi connectivity index (χ4n) is 2.87. The Hall–Kier alpha value is -1.42. The van der Waals surface area contributed by atoms with E-state index < -0.39 is 11.9 Å². The fraction of sp³-hybridized carbons (Fsp3) is 0.632. The van der Waals surface area contributed by atoms with Crippen LogP contribution in [-0.4, -0.2) is 17.6 Å². The van der Waals surface area contributed by atoms with Gasteiger partial charge in [0.1, 0.15) is 5.82 Å². The molecule has 130 valence electrons. The highest BCUT2D eigenvalue weighted by Crippen LogP contribution is 2.28. The highest BCUT2D eigenvalue weighted by Gasteiger charge is 2.25. The molecule has 3 atom stereocenters. The van der Waals surface area contributed by atoms with E-state index in [1.807, 2.05) is 0 Å². The van der Waals surface area contributed by atoms with Crippen LogP contribution in [0.4, 0.5) is 4.39 Å². The van der Waals surface area contributed by atoms with Crippen molar-refractivity contribution in [2.45, 2.75) is 59.0 Å². The van der Waals surface area contributed by atoms with Gasteiger partial charge < -0.3 is 10.4 Å². The SMILES string of the molecule is CC1CCCC(C(=O)NCC(O)c2ccccc2F)C1.CCC. The van der Waals surface area contributed by atoms with Gasteiger partial charge in [0.25, 0.3) is 0 Å². The summed E-state index contributed by atoms with van der Waals surface area (Å²) in [4.78, 5) is 12.0. The predicted molar refractivity (Wildman–Crippen MR) is 91.5 cm³/mol. The number of amides is 1. The van der Waals surface area contributed by atoms with Crippen LogP contribution < -0.4 is 5.32 Å². The molecule has 0 spiro atoms. The zero-order chi connectivity index (χ0) is 17.2. The smallest absolute Gasteiger partial charge is 0.223 e. The Morgan fingerprint density at radius 1 is 1.35 bits per heavy atom. The molecule has 0 saturated heterocycles. The van der Waals surface area contributed by atoms with Crippen LogP contribution in [0.5, 0.6) is 0 Å². The standard InChI is InChI=1S/C16H22FNO2.C3H8/c1-11-5-4-6-12(9-11)16(20)18-10-15(19)13-7-2-3-8-14(13)17;1-3-2/h2-3,7-8,11-12,15,19H,4-6,9-10H2,1H3,(H,18,20);3H2,1-2H3. The van der Waals surface area contributed by atoms with Crippen molar-refractivity contribution in [1.29, 1.82) is 0 Å². The van der Waals surface area contributed by atoms with E-state index in [9.17, 15) is 14.3 Å². The van der Waals surface area contributed by atoms with Crippen molar-refractivity contribution in [3.05, 3.63) is 35.6 Å². The Morgan fingerprint density at radius 2 is 2.00 bits per heavy atom. The molecule has 1 amide bonds. The second-order valence-corrected chi connectivity index (χ2v) is 6.46. The Bertz CT molecular complexity index is 478. The van der Waals surface area contributed by atoms with Crippen LogP contribution in [0.15, 0.2) is 24.3 Å². The predicted octanol–water partition coefficient (Wildman–Crippen LogP) is 4.22. The Balaban J connectivity index is 0.000000816. The number of carbonyl (C=O) groups is 1. The third-order valence-corrected chi connectivity index (χ3v) is 4.04. The average molecular weight is 323 g/mol. The lowest BCUT2D eigenvalue weighted by Crippen LogP contribution is -2.36. The molecule has 1 aliphatic carbocycles. The molecule has 23 heavy (non-hydrogen) atoms. The van der Waals surface area contributed by atoms with Crippen LogP contribution in [0.1, 0.15) is 64.5 Å². The van der Waals surface area contributed by atoms with E-state index >= 15 is 0 Å². The molecule has 0 heterocycles. The number of aliphatic hydroxyl groups is 1. The van der Waals surface area contributed by atoms with Gasteiger partial charge in [0.2, 0.25) is 5.91 Å². The van der Waals surface area contributed by atoms with Crippen molar-refractivity contribution in [3.63, 3.8) is 0 Å². The number of nitrogens with one attached hydrogen (secondary N) is 1. The summed E-state index contributed by atoms with van der Waals surface area (Å²) in [5.41, 5.74) is 0.227. The van der Waals surface area contributed by atoms with Gasteiger partial charge in [-0.05, 0) is 24.8 Å². The number of carbonyl (C=O) groups excluding carboxylic acids is 1. The van der Waals surface area contributed by atoms with Crippen molar-refractivity contribution in [2.75, 3.05) is 6.54 Å². The summed E-state index contributed by atoms with van der Waals surface area (Å²) in [6.07, 6.45) is 4.32. The van der Waals surface area contributed by atoms with Crippen LogP contribution in [0, 0.1) is 17.7 Å². The maximum atomic E-state index is 13.5. The first-order chi connectivity index (χ1) is 11.0.